The minimum absolute atomic E-state index is 0.0976. The molecule has 0 spiro atoms. The summed E-state index contributed by atoms with van der Waals surface area (Å²) in [6, 6.07) is 1.45. The van der Waals surface area contributed by atoms with E-state index in [9.17, 15) is 13.6 Å². The average Bonchev–Trinajstić information content (AvgIpc) is 2.15. The molecule has 6 heteroatoms. The molecule has 0 aliphatic heterocycles. The highest BCUT2D eigenvalue weighted by Crippen LogP contribution is 2.27. The summed E-state index contributed by atoms with van der Waals surface area (Å²) in [5, 5.41) is 0. The Hall–Kier alpha value is -0.300. The van der Waals surface area contributed by atoms with E-state index in [1.54, 1.807) is 22.6 Å². The highest BCUT2D eigenvalue weighted by molar-refractivity contribution is 14.1. The molecular weight excluding hydrogens is 326 g/mol. The Morgan fingerprint density at radius 3 is 2.71 bits per heavy atom. The lowest BCUT2D eigenvalue weighted by molar-refractivity contribution is 0.110. The van der Waals surface area contributed by atoms with Gasteiger partial charge in [0.2, 0.25) is 0 Å². The summed E-state index contributed by atoms with van der Waals surface area (Å²) >= 11 is 7.23. The minimum atomic E-state index is -2.70. The minimum Gasteiger partial charge on any atom is -0.296 e. The van der Waals surface area contributed by atoms with Gasteiger partial charge in [-0.05, 0) is 28.7 Å². The predicted octanol–water partition coefficient (Wildman–Crippen LogP) is 3.18. The molecule has 1 rings (SSSR count). The van der Waals surface area contributed by atoms with Gasteiger partial charge in [0, 0.05) is 3.57 Å². The lowest BCUT2D eigenvalue weighted by Crippen LogP contribution is -2.03. The van der Waals surface area contributed by atoms with Gasteiger partial charge in [-0.3, -0.25) is 4.79 Å². The summed E-state index contributed by atoms with van der Waals surface area (Å²) in [6.07, 6.45) is -2.38. The van der Waals surface area contributed by atoms with E-state index in [1.807, 2.05) is 0 Å². The number of hydrogen-bond donors (Lipinski definition) is 0. The van der Waals surface area contributed by atoms with E-state index < -0.39 is 6.43 Å². The van der Waals surface area contributed by atoms with Gasteiger partial charge in [-0.2, -0.15) is 0 Å². The fourth-order valence-corrected chi connectivity index (χ4v) is 1.98. The third kappa shape index (κ3) is 2.38. The van der Waals surface area contributed by atoms with Gasteiger partial charge in [0.1, 0.15) is 5.69 Å². The third-order valence-electron chi connectivity index (χ3n) is 1.56. The van der Waals surface area contributed by atoms with Crippen molar-refractivity contribution >= 4 is 40.5 Å². The number of carbonyl (C=O) groups is 1. The van der Waals surface area contributed by atoms with Crippen molar-refractivity contribution in [1.82, 2.24) is 4.98 Å². The molecule has 0 atom stereocenters. The monoisotopic (exact) mass is 331 g/mol. The average molecular weight is 331 g/mol. The number of aromatic nitrogens is 1. The Labute approximate surface area is 97.8 Å². The van der Waals surface area contributed by atoms with E-state index >= 15 is 0 Å². The number of hydrogen-bond acceptors (Lipinski definition) is 2. The highest BCUT2D eigenvalue weighted by atomic mass is 127. The summed E-state index contributed by atoms with van der Waals surface area (Å²) in [5.41, 5.74) is -0.139. The van der Waals surface area contributed by atoms with Gasteiger partial charge in [-0.15, -0.1) is 11.6 Å². The number of halogens is 4. The van der Waals surface area contributed by atoms with Crippen LogP contribution in [0.5, 0.6) is 0 Å². The second kappa shape index (κ2) is 4.97. The molecule has 0 saturated heterocycles. The quantitative estimate of drug-likeness (QED) is 0.484. The SMILES string of the molecule is O=Cc1nc(CCl)cc(I)c1C(F)F. The Morgan fingerprint density at radius 1 is 1.64 bits per heavy atom. The standard InChI is InChI=1S/C8H5ClF2INO/c9-2-4-1-5(12)7(8(10)11)6(3-14)13-4/h1,3,8H,2H2. The van der Waals surface area contributed by atoms with Gasteiger partial charge < -0.3 is 0 Å². The normalized spacial score (nSPS) is 10.6. The van der Waals surface area contributed by atoms with Crippen molar-refractivity contribution in [1.29, 1.82) is 0 Å². The second-order valence-corrected chi connectivity index (χ2v) is 3.88. The molecule has 0 bridgehead atoms. The van der Waals surface area contributed by atoms with Crippen LogP contribution in [-0.4, -0.2) is 11.3 Å². The van der Waals surface area contributed by atoms with Gasteiger partial charge in [0.15, 0.2) is 6.29 Å². The Balaban J connectivity index is 3.34. The molecule has 0 unspecified atom stereocenters. The number of pyridine rings is 1. The van der Waals surface area contributed by atoms with Crippen LogP contribution in [0.1, 0.15) is 28.2 Å². The smallest absolute Gasteiger partial charge is 0.267 e. The zero-order valence-electron chi connectivity index (χ0n) is 6.81. The maximum absolute atomic E-state index is 12.5. The molecule has 0 N–H and O–H groups in total. The molecule has 76 valence electrons. The summed E-state index contributed by atoms with van der Waals surface area (Å²) in [4.78, 5) is 14.2. The van der Waals surface area contributed by atoms with Crippen LogP contribution < -0.4 is 0 Å². The first-order valence-corrected chi connectivity index (χ1v) is 5.20. The van der Waals surface area contributed by atoms with Crippen molar-refractivity contribution < 1.29 is 13.6 Å². The van der Waals surface area contributed by atoms with Gasteiger partial charge in [-0.1, -0.05) is 0 Å². The Kier molecular flexibility index (Phi) is 4.18. The van der Waals surface area contributed by atoms with Crippen molar-refractivity contribution in [2.75, 3.05) is 0 Å². The molecule has 0 amide bonds. The van der Waals surface area contributed by atoms with Crippen LogP contribution in [0.25, 0.3) is 0 Å². The van der Waals surface area contributed by atoms with Gasteiger partial charge in [-0.25, -0.2) is 13.8 Å². The first kappa shape index (κ1) is 11.8. The number of carbonyl (C=O) groups excluding carboxylic acids is 1. The fraction of sp³-hybridized carbons (Fsp3) is 0.250. The van der Waals surface area contributed by atoms with E-state index in [1.165, 1.54) is 6.07 Å². The van der Waals surface area contributed by atoms with Gasteiger partial charge in [0.25, 0.3) is 6.43 Å². The second-order valence-electron chi connectivity index (χ2n) is 2.45. The Bertz CT molecular complexity index is 359. The lowest BCUT2D eigenvalue weighted by Gasteiger charge is -2.07. The fourth-order valence-electron chi connectivity index (χ4n) is 0.968. The molecule has 1 aromatic rings. The molecule has 0 radical (unpaired) electrons. The molecular formula is C8H5ClF2INO. The highest BCUT2D eigenvalue weighted by Gasteiger charge is 2.18. The third-order valence-corrected chi connectivity index (χ3v) is 2.72. The number of aldehydes is 1. The molecule has 0 fully saturated rings. The maximum atomic E-state index is 12.5. The summed E-state index contributed by atoms with van der Waals surface area (Å²) in [6.45, 7) is 0. The molecule has 1 heterocycles. The van der Waals surface area contributed by atoms with E-state index in [4.69, 9.17) is 11.6 Å². The van der Waals surface area contributed by atoms with E-state index in [0.717, 1.165) is 0 Å². The molecule has 0 aliphatic rings. The molecule has 1 aromatic heterocycles. The molecule has 14 heavy (non-hydrogen) atoms. The van der Waals surface area contributed by atoms with Crippen LogP contribution in [0.4, 0.5) is 8.78 Å². The zero-order chi connectivity index (χ0) is 10.7. The van der Waals surface area contributed by atoms with E-state index in [0.29, 0.717) is 15.6 Å². The van der Waals surface area contributed by atoms with Crippen molar-refractivity contribution in [3.05, 3.63) is 26.6 Å². The Morgan fingerprint density at radius 2 is 2.29 bits per heavy atom. The van der Waals surface area contributed by atoms with Crippen molar-refractivity contribution in [3.8, 4) is 0 Å². The van der Waals surface area contributed by atoms with E-state index in [2.05, 4.69) is 4.98 Å². The maximum Gasteiger partial charge on any atom is 0.267 e. The number of rotatable bonds is 3. The zero-order valence-corrected chi connectivity index (χ0v) is 9.72. The van der Waals surface area contributed by atoms with Crippen LogP contribution in [0.15, 0.2) is 6.07 Å². The first-order chi connectivity index (χ1) is 6.60. The van der Waals surface area contributed by atoms with Crippen LogP contribution in [0, 0.1) is 3.57 Å². The summed E-state index contributed by atoms with van der Waals surface area (Å²) in [7, 11) is 0. The molecule has 0 aromatic carbocycles. The van der Waals surface area contributed by atoms with Crippen LogP contribution in [0.3, 0.4) is 0 Å². The molecule has 0 aliphatic carbocycles. The van der Waals surface area contributed by atoms with Gasteiger partial charge in [0.05, 0.1) is 17.1 Å². The van der Waals surface area contributed by atoms with Crippen molar-refractivity contribution in [2.45, 2.75) is 12.3 Å². The van der Waals surface area contributed by atoms with Crippen LogP contribution in [-0.2, 0) is 5.88 Å². The van der Waals surface area contributed by atoms with Gasteiger partial charge >= 0.3 is 0 Å². The lowest BCUT2D eigenvalue weighted by atomic mass is 10.2. The van der Waals surface area contributed by atoms with Crippen molar-refractivity contribution in [3.63, 3.8) is 0 Å². The van der Waals surface area contributed by atoms with Crippen molar-refractivity contribution in [2.24, 2.45) is 0 Å². The molecule has 2 nitrogen and oxygen atoms in total. The van der Waals surface area contributed by atoms with E-state index in [-0.39, 0.29) is 17.1 Å². The number of alkyl halides is 3. The topological polar surface area (TPSA) is 30.0 Å². The number of nitrogens with zero attached hydrogens (tertiary/aromatic N) is 1. The summed E-state index contributed by atoms with van der Waals surface area (Å²) in [5.74, 6) is 0.0976. The van der Waals surface area contributed by atoms with Crippen LogP contribution >= 0.6 is 34.2 Å². The van der Waals surface area contributed by atoms with Crippen LogP contribution in [0.2, 0.25) is 0 Å². The predicted molar refractivity (Wildman–Crippen MR) is 56.9 cm³/mol. The largest absolute Gasteiger partial charge is 0.296 e. The summed E-state index contributed by atoms with van der Waals surface area (Å²) < 4.78 is 25.3. The molecule has 0 saturated carbocycles. The first-order valence-electron chi connectivity index (χ1n) is 3.58.